The molecule has 0 aromatic heterocycles. The van der Waals surface area contributed by atoms with Crippen LogP contribution in [0.1, 0.15) is 30.4 Å². The molecule has 0 heterocycles. The zero-order chi connectivity index (χ0) is 16.7. The first-order valence-electron chi connectivity index (χ1n) is 8.29. The first kappa shape index (κ1) is 17.9. The van der Waals surface area contributed by atoms with Gasteiger partial charge in [0, 0.05) is 20.2 Å². The maximum absolute atomic E-state index is 12.1. The van der Waals surface area contributed by atoms with Crippen molar-refractivity contribution in [2.45, 2.75) is 38.5 Å². The summed E-state index contributed by atoms with van der Waals surface area (Å²) >= 11 is 0. The van der Waals surface area contributed by atoms with Crippen molar-refractivity contribution in [3.63, 3.8) is 0 Å². The van der Waals surface area contributed by atoms with E-state index in [1.54, 1.807) is 7.11 Å². The van der Waals surface area contributed by atoms with E-state index in [0.29, 0.717) is 25.6 Å². The van der Waals surface area contributed by atoms with E-state index >= 15 is 0 Å². The van der Waals surface area contributed by atoms with Gasteiger partial charge in [0.15, 0.2) is 0 Å². The average molecular weight is 320 g/mol. The van der Waals surface area contributed by atoms with E-state index in [-0.39, 0.29) is 12.0 Å². The molecule has 1 aromatic carbocycles. The van der Waals surface area contributed by atoms with Crippen LogP contribution in [-0.4, -0.2) is 49.3 Å². The van der Waals surface area contributed by atoms with Crippen molar-refractivity contribution in [1.82, 2.24) is 10.2 Å². The van der Waals surface area contributed by atoms with Gasteiger partial charge in [0.2, 0.25) is 5.91 Å². The van der Waals surface area contributed by atoms with Gasteiger partial charge in [-0.1, -0.05) is 30.7 Å². The van der Waals surface area contributed by atoms with Gasteiger partial charge in [-0.15, -0.1) is 0 Å². The maximum atomic E-state index is 12.1. The SMILES string of the molecule is COCc1ccccc1CNC(=O)CN(C)CC1CCCC1O. The van der Waals surface area contributed by atoms with Crippen molar-refractivity contribution < 1.29 is 14.6 Å². The van der Waals surface area contributed by atoms with Gasteiger partial charge in [-0.3, -0.25) is 9.69 Å². The topological polar surface area (TPSA) is 61.8 Å². The van der Waals surface area contributed by atoms with Crippen LogP contribution < -0.4 is 5.32 Å². The minimum absolute atomic E-state index is 0.00667. The Hall–Kier alpha value is -1.43. The number of nitrogens with zero attached hydrogens (tertiary/aromatic N) is 1. The van der Waals surface area contributed by atoms with Crippen LogP contribution in [0.25, 0.3) is 0 Å². The Labute approximate surface area is 138 Å². The third-order valence-electron chi connectivity index (χ3n) is 4.47. The van der Waals surface area contributed by atoms with Gasteiger partial charge in [-0.2, -0.15) is 0 Å². The molecule has 1 aliphatic carbocycles. The fourth-order valence-corrected chi connectivity index (χ4v) is 3.22. The molecule has 1 aromatic rings. The molecule has 2 rings (SSSR count). The number of benzene rings is 1. The number of aliphatic hydroxyl groups is 1. The molecule has 0 bridgehead atoms. The van der Waals surface area contributed by atoms with Crippen LogP contribution in [-0.2, 0) is 22.7 Å². The van der Waals surface area contributed by atoms with E-state index in [2.05, 4.69) is 5.32 Å². The third-order valence-corrected chi connectivity index (χ3v) is 4.47. The minimum Gasteiger partial charge on any atom is -0.393 e. The summed E-state index contributed by atoms with van der Waals surface area (Å²) in [5.74, 6) is 0.308. The van der Waals surface area contributed by atoms with E-state index in [9.17, 15) is 9.90 Å². The Bertz CT molecular complexity index is 507. The van der Waals surface area contributed by atoms with Gasteiger partial charge in [0.1, 0.15) is 0 Å². The molecule has 0 aliphatic heterocycles. The second kappa shape index (κ2) is 9.01. The number of likely N-dealkylation sites (N-methyl/N-ethyl adjacent to an activating group) is 1. The van der Waals surface area contributed by atoms with Gasteiger partial charge in [-0.05, 0) is 36.9 Å². The molecule has 0 spiro atoms. The van der Waals surface area contributed by atoms with Crippen molar-refractivity contribution in [3.05, 3.63) is 35.4 Å². The lowest BCUT2D eigenvalue weighted by Gasteiger charge is -2.22. The molecule has 2 unspecified atom stereocenters. The summed E-state index contributed by atoms with van der Waals surface area (Å²) in [6.07, 6.45) is 2.82. The molecule has 2 N–H and O–H groups in total. The van der Waals surface area contributed by atoms with Gasteiger partial charge >= 0.3 is 0 Å². The second-order valence-corrected chi connectivity index (χ2v) is 6.43. The predicted molar refractivity (Wildman–Crippen MR) is 89.8 cm³/mol. The summed E-state index contributed by atoms with van der Waals surface area (Å²) < 4.78 is 5.18. The van der Waals surface area contributed by atoms with Gasteiger partial charge < -0.3 is 15.2 Å². The number of hydrogen-bond acceptors (Lipinski definition) is 4. The van der Waals surface area contributed by atoms with Crippen molar-refractivity contribution >= 4 is 5.91 Å². The molecule has 1 amide bonds. The van der Waals surface area contributed by atoms with Crippen LogP contribution in [0.3, 0.4) is 0 Å². The molecule has 0 saturated heterocycles. The molecule has 0 radical (unpaired) electrons. The van der Waals surface area contributed by atoms with Crippen LogP contribution in [0.2, 0.25) is 0 Å². The van der Waals surface area contributed by atoms with Gasteiger partial charge in [0.25, 0.3) is 0 Å². The molecule has 5 nitrogen and oxygen atoms in total. The minimum atomic E-state index is -0.207. The van der Waals surface area contributed by atoms with E-state index in [1.165, 1.54) is 0 Å². The Morgan fingerprint density at radius 2 is 2.09 bits per heavy atom. The number of aliphatic hydroxyl groups excluding tert-OH is 1. The summed E-state index contributed by atoms with van der Waals surface area (Å²) in [4.78, 5) is 14.1. The normalized spacial score (nSPS) is 20.9. The monoisotopic (exact) mass is 320 g/mol. The number of carbonyl (C=O) groups excluding carboxylic acids is 1. The fraction of sp³-hybridized carbons (Fsp3) is 0.611. The smallest absolute Gasteiger partial charge is 0.234 e. The van der Waals surface area contributed by atoms with E-state index in [4.69, 9.17) is 4.74 Å². The second-order valence-electron chi connectivity index (χ2n) is 6.43. The number of hydrogen-bond donors (Lipinski definition) is 2. The summed E-state index contributed by atoms with van der Waals surface area (Å²) in [5, 5.41) is 12.8. The Kier molecular flexibility index (Phi) is 7.02. The zero-order valence-corrected chi connectivity index (χ0v) is 14.1. The zero-order valence-electron chi connectivity index (χ0n) is 14.1. The molecule has 23 heavy (non-hydrogen) atoms. The molecular weight excluding hydrogens is 292 g/mol. The molecule has 5 heteroatoms. The summed E-state index contributed by atoms with van der Waals surface area (Å²) in [5.41, 5.74) is 2.18. The summed E-state index contributed by atoms with van der Waals surface area (Å²) in [6, 6.07) is 7.96. The number of carbonyl (C=O) groups is 1. The predicted octanol–water partition coefficient (Wildman–Crippen LogP) is 1.54. The van der Waals surface area contributed by atoms with Gasteiger partial charge in [-0.25, -0.2) is 0 Å². The molecule has 1 fully saturated rings. The van der Waals surface area contributed by atoms with Crippen LogP contribution in [0.4, 0.5) is 0 Å². The van der Waals surface area contributed by atoms with E-state index < -0.39 is 0 Å². The van der Waals surface area contributed by atoms with Crippen molar-refractivity contribution in [2.75, 3.05) is 27.2 Å². The lowest BCUT2D eigenvalue weighted by Crippen LogP contribution is -2.38. The fourth-order valence-electron chi connectivity index (χ4n) is 3.22. The van der Waals surface area contributed by atoms with Crippen molar-refractivity contribution in [2.24, 2.45) is 5.92 Å². The molecular formula is C18H28N2O3. The molecule has 128 valence electrons. The number of rotatable bonds is 8. The standard InChI is InChI=1S/C18H28N2O3/c1-20(11-15-8-5-9-17(15)21)12-18(22)19-10-14-6-3-4-7-16(14)13-23-2/h3-4,6-7,15,17,21H,5,8-13H2,1-2H3,(H,19,22). The molecule has 1 aliphatic rings. The highest BCUT2D eigenvalue weighted by atomic mass is 16.5. The lowest BCUT2D eigenvalue weighted by molar-refractivity contribution is -0.122. The number of methoxy groups -OCH3 is 1. The highest BCUT2D eigenvalue weighted by molar-refractivity contribution is 5.78. The maximum Gasteiger partial charge on any atom is 0.234 e. The van der Waals surface area contributed by atoms with E-state index in [0.717, 1.165) is 36.9 Å². The molecule has 1 saturated carbocycles. The average Bonchev–Trinajstić information content (AvgIpc) is 2.91. The van der Waals surface area contributed by atoms with Crippen LogP contribution >= 0.6 is 0 Å². The van der Waals surface area contributed by atoms with Gasteiger partial charge in [0.05, 0.1) is 19.3 Å². The van der Waals surface area contributed by atoms with Crippen molar-refractivity contribution in [1.29, 1.82) is 0 Å². The summed E-state index contributed by atoms with van der Waals surface area (Å²) in [6.45, 7) is 2.19. The van der Waals surface area contributed by atoms with Crippen molar-refractivity contribution in [3.8, 4) is 0 Å². The first-order chi connectivity index (χ1) is 11.1. The van der Waals surface area contributed by atoms with E-state index in [1.807, 2.05) is 36.2 Å². The highest BCUT2D eigenvalue weighted by Crippen LogP contribution is 2.25. The third kappa shape index (κ3) is 5.61. The first-order valence-corrected chi connectivity index (χ1v) is 8.29. The number of nitrogens with one attached hydrogen (secondary N) is 1. The Morgan fingerprint density at radius 3 is 2.74 bits per heavy atom. The van der Waals surface area contributed by atoms with Crippen LogP contribution in [0.15, 0.2) is 24.3 Å². The quantitative estimate of drug-likeness (QED) is 0.763. The van der Waals surface area contributed by atoms with Crippen LogP contribution in [0, 0.1) is 5.92 Å². The lowest BCUT2D eigenvalue weighted by atomic mass is 10.1. The van der Waals surface area contributed by atoms with Crippen LogP contribution in [0.5, 0.6) is 0 Å². The molecule has 2 atom stereocenters. The largest absolute Gasteiger partial charge is 0.393 e. The number of amides is 1. The Balaban J connectivity index is 1.76. The number of ether oxygens (including phenoxy) is 1. The Morgan fingerprint density at radius 1 is 1.35 bits per heavy atom. The summed E-state index contributed by atoms with van der Waals surface area (Å²) in [7, 11) is 3.60. The highest BCUT2D eigenvalue weighted by Gasteiger charge is 2.26.